The summed E-state index contributed by atoms with van der Waals surface area (Å²) in [4.78, 5) is 35.5. The molecule has 2 aliphatic rings. The van der Waals surface area contributed by atoms with E-state index in [1.54, 1.807) is 13.0 Å². The summed E-state index contributed by atoms with van der Waals surface area (Å²) in [6, 6.07) is 8.34. The minimum atomic E-state index is -2.98. The molecule has 2 bridgehead atoms. The van der Waals surface area contributed by atoms with Gasteiger partial charge in [-0.15, -0.1) is 5.53 Å². The van der Waals surface area contributed by atoms with Gasteiger partial charge in [0.05, 0.1) is 63.8 Å². The predicted molar refractivity (Wildman–Crippen MR) is 158 cm³/mol. The van der Waals surface area contributed by atoms with Crippen molar-refractivity contribution in [3.05, 3.63) is 87.8 Å². The van der Waals surface area contributed by atoms with E-state index >= 15 is 4.39 Å². The summed E-state index contributed by atoms with van der Waals surface area (Å²) < 4.78 is 45.2. The molecule has 5 heterocycles. The molecule has 0 aliphatic carbocycles. The molecule has 3 aromatic heterocycles. The van der Waals surface area contributed by atoms with Crippen molar-refractivity contribution in [2.45, 2.75) is 38.8 Å². The number of pyridine rings is 1. The van der Waals surface area contributed by atoms with E-state index < -0.39 is 29.9 Å². The summed E-state index contributed by atoms with van der Waals surface area (Å²) in [7, 11) is 0. The summed E-state index contributed by atoms with van der Waals surface area (Å²) in [5.74, 6) is -1.64. The van der Waals surface area contributed by atoms with Crippen LogP contribution in [-0.2, 0) is 4.79 Å². The Morgan fingerprint density at radius 2 is 1.98 bits per heavy atom. The molecule has 0 radical (unpaired) electrons. The standard InChI is InChI=1S/C29H24ClF3N10O2/c1-15-3-2-4-22(19-9-16(7-8-35-19)27-21(38-28(15)45)12-37-43(27)29(32)33)41-14-36-20(10-24(41)44)25-23(6-5-18(30)26(25)31)42-13-17(11-34)39-40-42/h5-10,12-15,22,29,39-40H,2-4H2,1H3,(H,38,45)/t15-,22+/m1/s1. The monoisotopic (exact) mass is 636 g/mol. The number of carbonyl (C=O) groups is 1. The fraction of sp³-hybridized carbons (Fsp3) is 0.241. The number of nitrogens with zero attached hydrogens (tertiary/aromatic N) is 7. The van der Waals surface area contributed by atoms with E-state index in [1.807, 2.05) is 6.07 Å². The van der Waals surface area contributed by atoms with Crippen LogP contribution in [0.15, 0.2) is 65.7 Å². The van der Waals surface area contributed by atoms with Crippen molar-refractivity contribution >= 4 is 28.9 Å². The second-order valence-electron chi connectivity index (χ2n) is 10.5. The molecule has 3 N–H and O–H groups in total. The van der Waals surface area contributed by atoms with Crippen LogP contribution in [0.3, 0.4) is 0 Å². The lowest BCUT2D eigenvalue weighted by atomic mass is 9.97. The molecule has 2 aliphatic heterocycles. The third-order valence-corrected chi connectivity index (χ3v) is 7.94. The van der Waals surface area contributed by atoms with Gasteiger partial charge in [-0.25, -0.2) is 14.1 Å². The van der Waals surface area contributed by atoms with Crippen molar-refractivity contribution in [1.29, 1.82) is 5.26 Å². The Kier molecular flexibility index (Phi) is 8.00. The highest BCUT2D eigenvalue weighted by Gasteiger charge is 2.27. The van der Waals surface area contributed by atoms with Crippen molar-refractivity contribution in [2.24, 2.45) is 5.92 Å². The van der Waals surface area contributed by atoms with Crippen LogP contribution < -0.4 is 26.8 Å². The number of amides is 1. The van der Waals surface area contributed by atoms with Crippen molar-refractivity contribution in [1.82, 2.24) is 35.3 Å². The lowest BCUT2D eigenvalue weighted by molar-refractivity contribution is -0.119. The molecule has 0 saturated heterocycles. The number of hydrazine groups is 2. The van der Waals surface area contributed by atoms with Crippen LogP contribution in [0.4, 0.5) is 24.5 Å². The predicted octanol–water partition coefficient (Wildman–Crippen LogP) is 4.90. The first kappa shape index (κ1) is 29.9. The van der Waals surface area contributed by atoms with Gasteiger partial charge in [0.1, 0.15) is 11.8 Å². The first-order valence-corrected chi connectivity index (χ1v) is 14.2. The van der Waals surface area contributed by atoms with Gasteiger partial charge in [0.2, 0.25) is 5.91 Å². The number of hydrogen-bond acceptors (Lipinski definition) is 9. The summed E-state index contributed by atoms with van der Waals surface area (Å²) in [6.07, 6.45) is 6.59. The molecule has 1 aromatic carbocycles. The number of rotatable bonds is 4. The van der Waals surface area contributed by atoms with E-state index in [4.69, 9.17) is 11.6 Å². The maximum atomic E-state index is 15.5. The molecule has 16 heteroatoms. The number of hydrogen-bond donors (Lipinski definition) is 3. The number of carbonyl (C=O) groups excluding carboxylic acids is 1. The molecule has 0 saturated carbocycles. The highest BCUT2D eigenvalue weighted by atomic mass is 35.5. The number of halogens is 4. The Labute approximate surface area is 258 Å². The SMILES string of the molecule is C[C@@H]1CCC[C@H](n2cnc(-c3c(N4C=C(C#N)NN4)ccc(Cl)c3F)cc2=O)c2cc(ccn2)-c2c(cnn2C(F)F)NC1=O. The number of anilines is 2. The topological polar surface area (TPSA) is 146 Å². The Morgan fingerprint density at radius 3 is 2.71 bits per heavy atom. The summed E-state index contributed by atoms with van der Waals surface area (Å²) in [5.41, 5.74) is 5.97. The summed E-state index contributed by atoms with van der Waals surface area (Å²) >= 11 is 6.10. The van der Waals surface area contributed by atoms with Crippen LogP contribution >= 0.6 is 11.6 Å². The number of aromatic nitrogens is 5. The van der Waals surface area contributed by atoms with Gasteiger partial charge < -0.3 is 5.32 Å². The molecule has 0 spiro atoms. The Morgan fingerprint density at radius 1 is 1.16 bits per heavy atom. The second-order valence-corrected chi connectivity index (χ2v) is 10.9. The Balaban J connectivity index is 1.45. The Hall–Kier alpha value is -5.20. The average molecular weight is 637 g/mol. The van der Waals surface area contributed by atoms with Crippen molar-refractivity contribution in [2.75, 3.05) is 10.3 Å². The number of fused-ring (bicyclic) bond motifs is 4. The van der Waals surface area contributed by atoms with E-state index in [1.165, 1.54) is 52.7 Å². The molecule has 6 rings (SSSR count). The van der Waals surface area contributed by atoms with Gasteiger partial charge in [-0.3, -0.25) is 29.6 Å². The normalized spacial score (nSPS) is 18.3. The maximum Gasteiger partial charge on any atom is 0.333 e. The van der Waals surface area contributed by atoms with Crippen molar-refractivity contribution in [3.63, 3.8) is 0 Å². The molecule has 2 atom stereocenters. The van der Waals surface area contributed by atoms with Crippen LogP contribution in [0.5, 0.6) is 0 Å². The third kappa shape index (κ3) is 5.61. The van der Waals surface area contributed by atoms with Crippen molar-refractivity contribution in [3.8, 4) is 28.6 Å². The minimum Gasteiger partial charge on any atom is -0.323 e. The number of benzene rings is 1. The average Bonchev–Trinajstić information content (AvgIpc) is 3.68. The lowest BCUT2D eigenvalue weighted by Crippen LogP contribution is -2.36. The molecule has 4 aromatic rings. The van der Waals surface area contributed by atoms with Gasteiger partial charge in [-0.05, 0) is 37.1 Å². The second kappa shape index (κ2) is 12.1. The molecular weight excluding hydrogens is 613 g/mol. The van der Waals surface area contributed by atoms with Crippen LogP contribution in [0, 0.1) is 23.1 Å². The van der Waals surface area contributed by atoms with Gasteiger partial charge in [0.25, 0.3) is 5.56 Å². The van der Waals surface area contributed by atoms with Crippen LogP contribution in [0.1, 0.15) is 44.5 Å². The largest absolute Gasteiger partial charge is 0.333 e. The number of allylic oxidation sites excluding steroid dienone is 1. The number of alkyl halides is 2. The van der Waals surface area contributed by atoms with E-state index in [9.17, 15) is 23.6 Å². The van der Waals surface area contributed by atoms with Gasteiger partial charge in [0, 0.05) is 23.7 Å². The van der Waals surface area contributed by atoms with E-state index in [-0.39, 0.29) is 45.0 Å². The fourth-order valence-electron chi connectivity index (χ4n) is 5.37. The van der Waals surface area contributed by atoms with Crippen molar-refractivity contribution < 1.29 is 18.0 Å². The van der Waals surface area contributed by atoms with Gasteiger partial charge in [-0.2, -0.15) is 19.1 Å². The van der Waals surface area contributed by atoms with E-state index in [0.717, 1.165) is 6.07 Å². The van der Waals surface area contributed by atoms with E-state index in [2.05, 4.69) is 31.3 Å². The first-order chi connectivity index (χ1) is 21.7. The third-order valence-electron chi connectivity index (χ3n) is 7.65. The highest BCUT2D eigenvalue weighted by Crippen LogP contribution is 2.37. The maximum absolute atomic E-state index is 15.5. The quantitative estimate of drug-likeness (QED) is 0.285. The molecule has 12 nitrogen and oxygen atoms in total. The molecule has 1 amide bonds. The van der Waals surface area contributed by atoms with Gasteiger partial charge in [0.15, 0.2) is 5.82 Å². The van der Waals surface area contributed by atoms with E-state index in [0.29, 0.717) is 35.2 Å². The lowest BCUT2D eigenvalue weighted by Gasteiger charge is -2.23. The molecule has 230 valence electrons. The molecular formula is C29H24ClF3N10O2. The van der Waals surface area contributed by atoms with Gasteiger partial charge in [-0.1, -0.05) is 24.9 Å². The molecule has 0 unspecified atom stereocenters. The van der Waals surface area contributed by atoms with Crippen LogP contribution in [0.25, 0.3) is 22.5 Å². The Bertz CT molecular complexity index is 1940. The zero-order valence-electron chi connectivity index (χ0n) is 23.5. The fourth-order valence-corrected chi connectivity index (χ4v) is 5.53. The number of nitriles is 1. The number of nitrogens with one attached hydrogen (secondary N) is 3. The van der Waals surface area contributed by atoms with Gasteiger partial charge >= 0.3 is 6.55 Å². The zero-order valence-corrected chi connectivity index (χ0v) is 24.3. The summed E-state index contributed by atoms with van der Waals surface area (Å²) in [5, 5.41) is 16.9. The highest BCUT2D eigenvalue weighted by molar-refractivity contribution is 6.31. The minimum absolute atomic E-state index is 0.00285. The zero-order chi connectivity index (χ0) is 31.8. The molecule has 45 heavy (non-hydrogen) atoms. The first-order valence-electron chi connectivity index (χ1n) is 13.8. The van der Waals surface area contributed by atoms with Crippen LogP contribution in [0.2, 0.25) is 5.02 Å². The summed E-state index contributed by atoms with van der Waals surface area (Å²) in [6.45, 7) is -1.25. The molecule has 0 fully saturated rings. The van der Waals surface area contributed by atoms with Crippen LogP contribution in [-0.4, -0.2) is 30.2 Å². The smallest absolute Gasteiger partial charge is 0.323 e.